The van der Waals surface area contributed by atoms with Crippen LogP contribution in [0, 0.1) is 6.92 Å². The third kappa shape index (κ3) is 3.59. The van der Waals surface area contributed by atoms with Crippen LogP contribution in [0.25, 0.3) is 10.9 Å². The largest absolute Gasteiger partial charge is 0.282 e. The van der Waals surface area contributed by atoms with E-state index >= 15 is 0 Å². The van der Waals surface area contributed by atoms with Crippen molar-refractivity contribution >= 4 is 34.0 Å². The molecule has 130 valence electrons. The molecule has 0 radical (unpaired) electrons. The van der Waals surface area contributed by atoms with Gasteiger partial charge in [0.2, 0.25) is 0 Å². The molecule has 2 heterocycles. The maximum atomic E-state index is 13.0. The first-order valence-corrected chi connectivity index (χ1v) is 10.3. The normalized spacial score (nSPS) is 11.1. The Hall–Kier alpha value is -2.37. The van der Waals surface area contributed by atoms with Crippen molar-refractivity contribution in [3.63, 3.8) is 0 Å². The van der Waals surface area contributed by atoms with Crippen LogP contribution in [0.1, 0.15) is 16.0 Å². The number of hydrogen-bond donors (Lipinski definition) is 0. The third-order valence-electron chi connectivity index (χ3n) is 4.21. The zero-order chi connectivity index (χ0) is 17.9. The number of thioether (sulfide) groups is 1. The lowest BCUT2D eigenvalue weighted by Gasteiger charge is -2.12. The van der Waals surface area contributed by atoms with E-state index in [0.29, 0.717) is 11.9 Å². The van der Waals surface area contributed by atoms with Crippen molar-refractivity contribution in [2.45, 2.75) is 24.4 Å². The fourth-order valence-electron chi connectivity index (χ4n) is 2.79. The van der Waals surface area contributed by atoms with Crippen molar-refractivity contribution in [3.8, 4) is 0 Å². The highest BCUT2D eigenvalue weighted by molar-refractivity contribution is 7.98. The van der Waals surface area contributed by atoms with Crippen LogP contribution >= 0.6 is 23.1 Å². The molecule has 3 nitrogen and oxygen atoms in total. The van der Waals surface area contributed by atoms with Gasteiger partial charge in [-0.2, -0.15) is 0 Å². The van der Waals surface area contributed by atoms with Gasteiger partial charge < -0.3 is 0 Å². The van der Waals surface area contributed by atoms with Crippen LogP contribution in [0.15, 0.2) is 76.0 Å². The number of thiophene rings is 1. The molecule has 0 aliphatic heterocycles. The van der Waals surface area contributed by atoms with Gasteiger partial charge in [-0.25, -0.2) is 4.98 Å². The summed E-state index contributed by atoms with van der Waals surface area (Å²) in [6.07, 6.45) is 0. The molecule has 0 spiro atoms. The number of rotatable bonds is 5. The maximum absolute atomic E-state index is 13.0. The summed E-state index contributed by atoms with van der Waals surface area (Å²) in [5, 5.41) is 3.47. The summed E-state index contributed by atoms with van der Waals surface area (Å²) < 4.78 is 1.80. The summed E-state index contributed by atoms with van der Waals surface area (Å²) in [4.78, 5) is 19.0. The van der Waals surface area contributed by atoms with E-state index in [1.807, 2.05) is 35.7 Å². The van der Waals surface area contributed by atoms with Crippen molar-refractivity contribution in [3.05, 3.63) is 92.4 Å². The Morgan fingerprint density at radius 3 is 2.62 bits per heavy atom. The predicted molar refractivity (Wildman–Crippen MR) is 110 cm³/mol. The molecule has 0 unspecified atom stereocenters. The van der Waals surface area contributed by atoms with Crippen molar-refractivity contribution in [2.75, 3.05) is 0 Å². The van der Waals surface area contributed by atoms with Gasteiger partial charge >= 0.3 is 0 Å². The molecule has 26 heavy (non-hydrogen) atoms. The standard InChI is InChI=1S/C21H18N2OS2/c1-15-8-10-16(11-9-15)14-26-21-22-19-7-3-2-6-18(19)20(24)23(21)13-17-5-4-12-25-17/h2-12H,13-14H2,1H3. The first-order chi connectivity index (χ1) is 12.7. The Bertz CT molecular complexity index is 1080. The molecule has 2 aromatic carbocycles. The van der Waals surface area contributed by atoms with Crippen LogP contribution in [0.2, 0.25) is 0 Å². The van der Waals surface area contributed by atoms with Crippen LogP contribution in [0.3, 0.4) is 0 Å². The number of aromatic nitrogens is 2. The number of benzene rings is 2. The van der Waals surface area contributed by atoms with Crippen LogP contribution in [0.4, 0.5) is 0 Å². The summed E-state index contributed by atoms with van der Waals surface area (Å²) in [5.74, 6) is 0.787. The zero-order valence-electron chi connectivity index (χ0n) is 14.4. The van der Waals surface area contributed by atoms with E-state index in [1.54, 1.807) is 27.7 Å². The van der Waals surface area contributed by atoms with E-state index in [1.165, 1.54) is 11.1 Å². The minimum absolute atomic E-state index is 0.0235. The summed E-state index contributed by atoms with van der Waals surface area (Å²) in [5.41, 5.74) is 3.25. The fourth-order valence-corrected chi connectivity index (χ4v) is 4.43. The SMILES string of the molecule is Cc1ccc(CSc2nc3ccccc3c(=O)n2Cc2cccs2)cc1. The van der Waals surface area contributed by atoms with E-state index in [-0.39, 0.29) is 5.56 Å². The lowest BCUT2D eigenvalue weighted by Crippen LogP contribution is -2.23. The number of hydrogen-bond acceptors (Lipinski definition) is 4. The molecule has 2 aromatic heterocycles. The van der Waals surface area contributed by atoms with Gasteiger partial charge in [0.15, 0.2) is 5.16 Å². The average molecular weight is 379 g/mol. The minimum Gasteiger partial charge on any atom is -0.282 e. The monoisotopic (exact) mass is 378 g/mol. The second-order valence-electron chi connectivity index (χ2n) is 6.16. The molecule has 0 N–H and O–H groups in total. The van der Waals surface area contributed by atoms with Gasteiger partial charge in [0.1, 0.15) is 0 Å². The molecule has 4 aromatic rings. The van der Waals surface area contributed by atoms with Gasteiger partial charge in [-0.05, 0) is 36.1 Å². The maximum Gasteiger partial charge on any atom is 0.262 e. The summed E-state index contributed by atoms with van der Waals surface area (Å²) >= 11 is 3.27. The van der Waals surface area contributed by atoms with Crippen molar-refractivity contribution in [2.24, 2.45) is 0 Å². The molecule has 0 bridgehead atoms. The van der Waals surface area contributed by atoms with Gasteiger partial charge in [-0.3, -0.25) is 9.36 Å². The van der Waals surface area contributed by atoms with Crippen molar-refractivity contribution in [1.29, 1.82) is 0 Å². The molecule has 0 amide bonds. The molecule has 4 rings (SSSR count). The molecule has 0 fully saturated rings. The highest BCUT2D eigenvalue weighted by Crippen LogP contribution is 2.23. The zero-order valence-corrected chi connectivity index (χ0v) is 16.0. The second kappa shape index (κ2) is 7.48. The second-order valence-corrected chi connectivity index (χ2v) is 8.13. The molecule has 0 saturated carbocycles. The van der Waals surface area contributed by atoms with Gasteiger partial charge in [-0.15, -0.1) is 11.3 Å². The predicted octanol–water partition coefficient (Wildman–Crippen LogP) is 5.11. The lowest BCUT2D eigenvalue weighted by atomic mass is 10.2. The number of aryl methyl sites for hydroxylation is 1. The summed E-state index contributed by atoms with van der Waals surface area (Å²) in [7, 11) is 0. The van der Waals surface area contributed by atoms with Crippen molar-refractivity contribution in [1.82, 2.24) is 9.55 Å². The number of fused-ring (bicyclic) bond motifs is 1. The Labute approximate surface area is 160 Å². The highest BCUT2D eigenvalue weighted by Gasteiger charge is 2.12. The molecular weight excluding hydrogens is 360 g/mol. The molecule has 0 saturated heterocycles. The van der Waals surface area contributed by atoms with Crippen LogP contribution in [0.5, 0.6) is 0 Å². The molecule has 0 aliphatic rings. The quantitative estimate of drug-likeness (QED) is 0.358. The first-order valence-electron chi connectivity index (χ1n) is 8.41. The Balaban J connectivity index is 1.73. The smallest absolute Gasteiger partial charge is 0.262 e. The molecule has 0 aliphatic carbocycles. The first kappa shape index (κ1) is 17.1. The van der Waals surface area contributed by atoms with E-state index in [9.17, 15) is 4.79 Å². The highest BCUT2D eigenvalue weighted by atomic mass is 32.2. The summed E-state index contributed by atoms with van der Waals surface area (Å²) in [6.45, 7) is 2.64. The number of para-hydroxylation sites is 1. The molecular formula is C21H18N2OS2. The topological polar surface area (TPSA) is 34.9 Å². The Morgan fingerprint density at radius 2 is 1.85 bits per heavy atom. The third-order valence-corrected chi connectivity index (χ3v) is 6.12. The summed E-state index contributed by atoms with van der Waals surface area (Å²) in [6, 6.07) is 20.1. The van der Waals surface area contributed by atoms with E-state index in [2.05, 4.69) is 37.3 Å². The van der Waals surface area contributed by atoms with E-state index < -0.39 is 0 Å². The fraction of sp³-hybridized carbons (Fsp3) is 0.143. The van der Waals surface area contributed by atoms with Gasteiger partial charge in [-0.1, -0.05) is 59.8 Å². The van der Waals surface area contributed by atoms with Gasteiger partial charge in [0.05, 0.1) is 17.4 Å². The molecule has 5 heteroatoms. The molecule has 0 atom stereocenters. The Morgan fingerprint density at radius 1 is 1.04 bits per heavy atom. The Kier molecular flexibility index (Phi) is 4.91. The van der Waals surface area contributed by atoms with Gasteiger partial charge in [0.25, 0.3) is 5.56 Å². The van der Waals surface area contributed by atoms with Crippen molar-refractivity contribution < 1.29 is 0 Å². The van der Waals surface area contributed by atoms with Crippen LogP contribution in [-0.4, -0.2) is 9.55 Å². The van der Waals surface area contributed by atoms with E-state index in [0.717, 1.165) is 21.3 Å². The number of nitrogens with zero attached hydrogens (tertiary/aromatic N) is 2. The van der Waals surface area contributed by atoms with Crippen LogP contribution < -0.4 is 5.56 Å². The lowest BCUT2D eigenvalue weighted by molar-refractivity contribution is 0.664. The van der Waals surface area contributed by atoms with Crippen LogP contribution in [-0.2, 0) is 12.3 Å². The van der Waals surface area contributed by atoms with Gasteiger partial charge in [0, 0.05) is 10.6 Å². The average Bonchev–Trinajstić information content (AvgIpc) is 3.17. The minimum atomic E-state index is 0.0235. The van der Waals surface area contributed by atoms with E-state index in [4.69, 9.17) is 4.98 Å².